The first-order chi connectivity index (χ1) is 6.86. The molecule has 0 heterocycles. The Hall–Kier alpha value is -1.18. The van der Waals surface area contributed by atoms with E-state index in [1.165, 1.54) is 16.7 Å². The number of nitrogens with two attached hydrogens (primary N) is 2. The Morgan fingerprint density at radius 2 is 1.20 bits per heavy atom. The quantitative estimate of drug-likeness (QED) is 0.729. The lowest BCUT2D eigenvalue weighted by Crippen LogP contribution is -2.07. The zero-order chi connectivity index (χ0) is 11.7. The van der Waals surface area contributed by atoms with Crippen molar-refractivity contribution in [1.29, 1.82) is 0 Å². The van der Waals surface area contributed by atoms with Crippen LogP contribution in [0.25, 0.3) is 0 Å². The Kier molecular flexibility index (Phi) is 3.28. The summed E-state index contributed by atoms with van der Waals surface area (Å²) < 4.78 is 0. The Bertz CT molecular complexity index is 333. The zero-order valence-electron chi connectivity index (χ0n) is 10.4. The van der Waals surface area contributed by atoms with Gasteiger partial charge in [0.05, 0.1) is 0 Å². The SMILES string of the molecule is Cc1c(C(C)C)c(N)cc(N)c1C(C)C. The van der Waals surface area contributed by atoms with Crippen molar-refractivity contribution in [2.45, 2.75) is 46.5 Å². The lowest BCUT2D eigenvalue weighted by molar-refractivity contribution is 0.822. The zero-order valence-corrected chi connectivity index (χ0v) is 10.4. The van der Waals surface area contributed by atoms with Crippen LogP contribution in [0.1, 0.15) is 56.2 Å². The van der Waals surface area contributed by atoms with Crippen LogP contribution in [-0.2, 0) is 0 Å². The van der Waals surface area contributed by atoms with Gasteiger partial charge >= 0.3 is 0 Å². The van der Waals surface area contributed by atoms with Gasteiger partial charge < -0.3 is 11.5 Å². The number of hydrogen-bond donors (Lipinski definition) is 2. The van der Waals surface area contributed by atoms with Crippen LogP contribution in [0.3, 0.4) is 0 Å². The molecular formula is C13H22N2. The number of benzene rings is 1. The van der Waals surface area contributed by atoms with E-state index in [1.807, 2.05) is 6.07 Å². The summed E-state index contributed by atoms with van der Waals surface area (Å²) in [6.07, 6.45) is 0. The van der Waals surface area contributed by atoms with Crippen LogP contribution in [0.4, 0.5) is 11.4 Å². The van der Waals surface area contributed by atoms with Crippen LogP contribution in [0.2, 0.25) is 0 Å². The predicted molar refractivity (Wildman–Crippen MR) is 68.2 cm³/mol. The highest BCUT2D eigenvalue weighted by atomic mass is 14.6. The molecule has 1 rings (SSSR count). The molecule has 0 saturated heterocycles. The van der Waals surface area contributed by atoms with Crippen LogP contribution in [0, 0.1) is 6.92 Å². The van der Waals surface area contributed by atoms with E-state index in [9.17, 15) is 0 Å². The van der Waals surface area contributed by atoms with Gasteiger partial charge in [-0.1, -0.05) is 27.7 Å². The molecule has 0 spiro atoms. The summed E-state index contributed by atoms with van der Waals surface area (Å²) in [6.45, 7) is 10.8. The maximum absolute atomic E-state index is 6.01. The van der Waals surface area contributed by atoms with E-state index in [1.54, 1.807) is 0 Å². The van der Waals surface area contributed by atoms with E-state index in [-0.39, 0.29) is 0 Å². The van der Waals surface area contributed by atoms with Gasteiger partial charge in [-0.2, -0.15) is 0 Å². The minimum atomic E-state index is 0.447. The highest BCUT2D eigenvalue weighted by molar-refractivity contribution is 5.66. The maximum Gasteiger partial charge on any atom is 0.0372 e. The number of rotatable bonds is 2. The van der Waals surface area contributed by atoms with Crippen LogP contribution in [0.15, 0.2) is 6.07 Å². The van der Waals surface area contributed by atoms with E-state index < -0.39 is 0 Å². The third kappa shape index (κ3) is 2.09. The predicted octanol–water partition coefficient (Wildman–Crippen LogP) is 3.41. The van der Waals surface area contributed by atoms with Crippen molar-refractivity contribution in [1.82, 2.24) is 0 Å². The Morgan fingerprint density at radius 1 is 0.867 bits per heavy atom. The van der Waals surface area contributed by atoms with Gasteiger partial charge in [0.25, 0.3) is 0 Å². The molecule has 0 saturated carbocycles. The average molecular weight is 206 g/mol. The van der Waals surface area contributed by atoms with E-state index >= 15 is 0 Å². The minimum Gasteiger partial charge on any atom is -0.398 e. The molecule has 0 aromatic heterocycles. The fraction of sp³-hybridized carbons (Fsp3) is 0.538. The molecule has 84 valence electrons. The molecule has 1 aromatic rings. The molecule has 0 atom stereocenters. The van der Waals surface area contributed by atoms with Crippen molar-refractivity contribution in [2.75, 3.05) is 11.5 Å². The second kappa shape index (κ2) is 4.13. The first-order valence-electron chi connectivity index (χ1n) is 5.54. The van der Waals surface area contributed by atoms with Crippen LogP contribution >= 0.6 is 0 Å². The molecule has 0 radical (unpaired) electrons. The van der Waals surface area contributed by atoms with E-state index in [0.29, 0.717) is 11.8 Å². The van der Waals surface area contributed by atoms with Crippen molar-refractivity contribution >= 4 is 11.4 Å². The molecule has 0 aliphatic carbocycles. The van der Waals surface area contributed by atoms with Crippen LogP contribution in [-0.4, -0.2) is 0 Å². The van der Waals surface area contributed by atoms with Crippen molar-refractivity contribution in [3.05, 3.63) is 22.8 Å². The molecule has 15 heavy (non-hydrogen) atoms. The van der Waals surface area contributed by atoms with Gasteiger partial charge in [0.2, 0.25) is 0 Å². The van der Waals surface area contributed by atoms with Gasteiger partial charge in [0.1, 0.15) is 0 Å². The summed E-state index contributed by atoms with van der Waals surface area (Å²) in [5, 5.41) is 0. The molecule has 1 aromatic carbocycles. The molecule has 4 N–H and O–H groups in total. The molecule has 0 unspecified atom stereocenters. The summed E-state index contributed by atoms with van der Waals surface area (Å²) in [4.78, 5) is 0. The van der Waals surface area contributed by atoms with Crippen LogP contribution < -0.4 is 11.5 Å². The first kappa shape index (κ1) is 11.9. The van der Waals surface area contributed by atoms with Crippen molar-refractivity contribution < 1.29 is 0 Å². The van der Waals surface area contributed by atoms with E-state index in [4.69, 9.17) is 11.5 Å². The normalized spacial score (nSPS) is 11.4. The molecule has 2 nitrogen and oxygen atoms in total. The summed E-state index contributed by atoms with van der Waals surface area (Å²) in [5.74, 6) is 0.895. The molecule has 0 amide bonds. The second-order valence-corrected chi connectivity index (χ2v) is 4.82. The Balaban J connectivity index is 3.49. The van der Waals surface area contributed by atoms with Gasteiger partial charge in [-0.3, -0.25) is 0 Å². The topological polar surface area (TPSA) is 52.0 Å². The summed E-state index contributed by atoms with van der Waals surface area (Å²) >= 11 is 0. The number of hydrogen-bond acceptors (Lipinski definition) is 2. The number of nitrogen functional groups attached to an aromatic ring is 2. The van der Waals surface area contributed by atoms with E-state index in [0.717, 1.165) is 11.4 Å². The van der Waals surface area contributed by atoms with Gasteiger partial charge in [-0.25, -0.2) is 0 Å². The minimum absolute atomic E-state index is 0.447. The second-order valence-electron chi connectivity index (χ2n) is 4.82. The lowest BCUT2D eigenvalue weighted by Gasteiger charge is -2.21. The van der Waals surface area contributed by atoms with Gasteiger partial charge in [-0.15, -0.1) is 0 Å². The third-order valence-corrected chi connectivity index (χ3v) is 2.90. The Labute approximate surface area is 92.7 Å². The molecule has 0 fully saturated rings. The highest BCUT2D eigenvalue weighted by Crippen LogP contribution is 2.35. The Morgan fingerprint density at radius 3 is 1.47 bits per heavy atom. The maximum atomic E-state index is 6.01. The van der Waals surface area contributed by atoms with E-state index in [2.05, 4.69) is 34.6 Å². The fourth-order valence-corrected chi connectivity index (χ4v) is 2.43. The largest absolute Gasteiger partial charge is 0.398 e. The first-order valence-corrected chi connectivity index (χ1v) is 5.54. The third-order valence-electron chi connectivity index (χ3n) is 2.90. The lowest BCUT2D eigenvalue weighted by atomic mass is 9.87. The molecule has 0 aliphatic rings. The number of anilines is 2. The molecule has 2 heteroatoms. The van der Waals surface area contributed by atoms with Crippen LogP contribution in [0.5, 0.6) is 0 Å². The van der Waals surface area contributed by atoms with Crippen molar-refractivity contribution in [3.8, 4) is 0 Å². The fourth-order valence-electron chi connectivity index (χ4n) is 2.43. The summed E-state index contributed by atoms with van der Waals surface area (Å²) in [5.41, 5.74) is 17.4. The smallest absolute Gasteiger partial charge is 0.0372 e. The standard InChI is InChI=1S/C13H22N2/c1-7(2)12-9(5)13(8(3)4)11(15)6-10(12)14/h6-8H,14-15H2,1-5H3. The van der Waals surface area contributed by atoms with Crippen molar-refractivity contribution in [2.24, 2.45) is 0 Å². The molecule has 0 aliphatic heterocycles. The van der Waals surface area contributed by atoms with Gasteiger partial charge in [-0.05, 0) is 41.5 Å². The van der Waals surface area contributed by atoms with Gasteiger partial charge in [0.15, 0.2) is 0 Å². The average Bonchev–Trinajstić information content (AvgIpc) is 1.99. The monoisotopic (exact) mass is 206 g/mol. The molecule has 0 bridgehead atoms. The van der Waals surface area contributed by atoms with Gasteiger partial charge in [0, 0.05) is 11.4 Å². The highest BCUT2D eigenvalue weighted by Gasteiger charge is 2.16. The summed E-state index contributed by atoms with van der Waals surface area (Å²) in [7, 11) is 0. The van der Waals surface area contributed by atoms with Crippen molar-refractivity contribution in [3.63, 3.8) is 0 Å². The summed E-state index contributed by atoms with van der Waals surface area (Å²) in [6, 6.07) is 1.90. The molecular weight excluding hydrogens is 184 g/mol.